The summed E-state index contributed by atoms with van der Waals surface area (Å²) in [5.74, 6) is 2.95. The molecule has 25 heavy (non-hydrogen) atoms. The highest BCUT2D eigenvalue weighted by Crippen LogP contribution is 2.27. The van der Waals surface area contributed by atoms with E-state index in [0.29, 0.717) is 24.5 Å². The van der Waals surface area contributed by atoms with E-state index in [0.717, 1.165) is 27.7 Å². The Kier molecular flexibility index (Phi) is 7.95. The van der Waals surface area contributed by atoms with Gasteiger partial charge in [-0.05, 0) is 29.3 Å². The van der Waals surface area contributed by atoms with Crippen LogP contribution in [-0.2, 0) is 17.0 Å². The Morgan fingerprint density at radius 2 is 1.88 bits per heavy atom. The summed E-state index contributed by atoms with van der Waals surface area (Å²) in [4.78, 5) is 12.0. The molecule has 0 fully saturated rings. The molecule has 0 aliphatic carbocycles. The Morgan fingerprint density at radius 1 is 1.12 bits per heavy atom. The van der Waals surface area contributed by atoms with Crippen LogP contribution in [0.15, 0.2) is 42.5 Å². The van der Waals surface area contributed by atoms with E-state index in [1.165, 1.54) is 0 Å². The second kappa shape index (κ2) is 10.2. The first-order chi connectivity index (χ1) is 12.1. The van der Waals surface area contributed by atoms with Crippen LogP contribution in [0.5, 0.6) is 11.5 Å². The standard InChI is InChI=1S/C19H22ClNO3S/c1-23-17-8-7-14(11-18(17)24-2)12-19(22)21-9-10-25-13-15-5-3-4-6-16(15)20/h3-8,11H,9-10,12-13H2,1-2H3,(H,21,22). The van der Waals surface area contributed by atoms with Crippen molar-refractivity contribution in [3.63, 3.8) is 0 Å². The van der Waals surface area contributed by atoms with Crippen molar-refractivity contribution >= 4 is 29.3 Å². The minimum atomic E-state index is -0.00874. The highest BCUT2D eigenvalue weighted by Gasteiger charge is 2.08. The van der Waals surface area contributed by atoms with Gasteiger partial charge in [-0.2, -0.15) is 11.8 Å². The number of nitrogens with one attached hydrogen (secondary N) is 1. The molecule has 1 amide bonds. The van der Waals surface area contributed by atoms with Gasteiger partial charge >= 0.3 is 0 Å². The summed E-state index contributed by atoms with van der Waals surface area (Å²) in [6, 6.07) is 13.3. The lowest BCUT2D eigenvalue weighted by molar-refractivity contribution is -0.120. The molecule has 2 aromatic rings. The quantitative estimate of drug-likeness (QED) is 0.670. The lowest BCUT2D eigenvalue weighted by Crippen LogP contribution is -2.27. The predicted octanol–water partition coefficient (Wildman–Crippen LogP) is 3.95. The molecular formula is C19H22ClNO3S. The average molecular weight is 380 g/mol. The van der Waals surface area contributed by atoms with Gasteiger partial charge in [0.2, 0.25) is 5.91 Å². The smallest absolute Gasteiger partial charge is 0.224 e. The highest BCUT2D eigenvalue weighted by molar-refractivity contribution is 7.98. The molecule has 0 spiro atoms. The molecule has 4 nitrogen and oxygen atoms in total. The van der Waals surface area contributed by atoms with Crippen molar-refractivity contribution in [3.8, 4) is 11.5 Å². The Hall–Kier alpha value is -1.85. The molecule has 0 bridgehead atoms. The fourth-order valence-corrected chi connectivity index (χ4v) is 3.44. The lowest BCUT2D eigenvalue weighted by atomic mass is 10.1. The molecule has 2 rings (SSSR count). The molecule has 134 valence electrons. The maximum Gasteiger partial charge on any atom is 0.224 e. The number of amides is 1. The summed E-state index contributed by atoms with van der Waals surface area (Å²) in [6.45, 7) is 0.626. The first-order valence-corrected chi connectivity index (χ1v) is 9.46. The van der Waals surface area contributed by atoms with Crippen LogP contribution >= 0.6 is 23.4 Å². The van der Waals surface area contributed by atoms with Crippen molar-refractivity contribution < 1.29 is 14.3 Å². The van der Waals surface area contributed by atoms with Crippen LogP contribution in [0.25, 0.3) is 0 Å². The first-order valence-electron chi connectivity index (χ1n) is 7.92. The monoisotopic (exact) mass is 379 g/mol. The molecule has 0 aromatic heterocycles. The molecule has 1 N–H and O–H groups in total. The molecule has 0 aliphatic heterocycles. The predicted molar refractivity (Wildman–Crippen MR) is 104 cm³/mol. The number of rotatable bonds is 9. The Labute approximate surface area is 157 Å². The molecule has 0 atom stereocenters. The zero-order valence-corrected chi connectivity index (χ0v) is 16.0. The largest absolute Gasteiger partial charge is 0.493 e. The Morgan fingerprint density at radius 3 is 2.60 bits per heavy atom. The topological polar surface area (TPSA) is 47.6 Å². The van der Waals surface area contributed by atoms with Gasteiger partial charge in [0, 0.05) is 23.1 Å². The van der Waals surface area contributed by atoms with Crippen molar-refractivity contribution in [1.82, 2.24) is 5.32 Å². The maximum atomic E-state index is 12.0. The van der Waals surface area contributed by atoms with Gasteiger partial charge in [0.05, 0.1) is 20.6 Å². The minimum absolute atomic E-state index is 0.00874. The van der Waals surface area contributed by atoms with Gasteiger partial charge in [-0.3, -0.25) is 4.79 Å². The van der Waals surface area contributed by atoms with Crippen LogP contribution in [0, 0.1) is 0 Å². The van der Waals surface area contributed by atoms with Crippen LogP contribution in [0.1, 0.15) is 11.1 Å². The van der Waals surface area contributed by atoms with E-state index < -0.39 is 0 Å². The number of methoxy groups -OCH3 is 2. The zero-order chi connectivity index (χ0) is 18.1. The van der Waals surface area contributed by atoms with E-state index in [1.54, 1.807) is 32.0 Å². The number of halogens is 1. The Bertz CT molecular complexity index is 709. The molecular weight excluding hydrogens is 358 g/mol. The third-order valence-electron chi connectivity index (χ3n) is 3.60. The van der Waals surface area contributed by atoms with E-state index in [9.17, 15) is 4.79 Å². The van der Waals surface area contributed by atoms with Gasteiger partial charge in [0.25, 0.3) is 0 Å². The number of carbonyl (C=O) groups excluding carboxylic acids is 1. The van der Waals surface area contributed by atoms with Gasteiger partial charge in [-0.15, -0.1) is 0 Å². The summed E-state index contributed by atoms with van der Waals surface area (Å²) in [5.41, 5.74) is 2.00. The summed E-state index contributed by atoms with van der Waals surface area (Å²) < 4.78 is 10.4. The van der Waals surface area contributed by atoms with Crippen molar-refractivity contribution in [1.29, 1.82) is 0 Å². The van der Waals surface area contributed by atoms with Crippen molar-refractivity contribution in [3.05, 3.63) is 58.6 Å². The fraction of sp³-hybridized carbons (Fsp3) is 0.316. The first kappa shape index (κ1) is 19.5. The van der Waals surface area contributed by atoms with Crippen LogP contribution in [-0.4, -0.2) is 32.4 Å². The number of benzene rings is 2. The van der Waals surface area contributed by atoms with Gasteiger partial charge < -0.3 is 14.8 Å². The molecule has 0 heterocycles. The number of hydrogen-bond donors (Lipinski definition) is 1. The summed E-state index contributed by atoms with van der Waals surface area (Å²) in [7, 11) is 3.17. The van der Waals surface area contributed by atoms with E-state index >= 15 is 0 Å². The normalized spacial score (nSPS) is 10.4. The second-order valence-electron chi connectivity index (χ2n) is 5.36. The van der Waals surface area contributed by atoms with Crippen LogP contribution < -0.4 is 14.8 Å². The highest BCUT2D eigenvalue weighted by atomic mass is 35.5. The molecule has 0 unspecified atom stereocenters. The molecule has 0 aliphatic rings. The van der Waals surface area contributed by atoms with Crippen LogP contribution in [0.4, 0.5) is 0 Å². The number of carbonyl (C=O) groups is 1. The summed E-state index contributed by atoms with van der Waals surface area (Å²) in [6.07, 6.45) is 0.315. The number of thioether (sulfide) groups is 1. The second-order valence-corrected chi connectivity index (χ2v) is 6.87. The minimum Gasteiger partial charge on any atom is -0.493 e. The SMILES string of the molecule is COc1ccc(CC(=O)NCCSCc2ccccc2Cl)cc1OC. The van der Waals surface area contributed by atoms with Gasteiger partial charge in [-0.25, -0.2) is 0 Å². The Balaban J connectivity index is 1.71. The van der Waals surface area contributed by atoms with E-state index in [4.69, 9.17) is 21.1 Å². The van der Waals surface area contributed by atoms with Gasteiger partial charge in [0.1, 0.15) is 0 Å². The number of ether oxygens (including phenoxy) is 2. The van der Waals surface area contributed by atoms with Crippen molar-refractivity contribution in [2.45, 2.75) is 12.2 Å². The third kappa shape index (κ3) is 6.18. The lowest BCUT2D eigenvalue weighted by Gasteiger charge is -2.10. The van der Waals surface area contributed by atoms with Crippen LogP contribution in [0.2, 0.25) is 5.02 Å². The molecule has 0 saturated carbocycles. The van der Waals surface area contributed by atoms with Gasteiger partial charge in [-0.1, -0.05) is 35.9 Å². The molecule has 0 radical (unpaired) electrons. The summed E-state index contributed by atoms with van der Waals surface area (Å²) in [5, 5.41) is 3.72. The summed E-state index contributed by atoms with van der Waals surface area (Å²) >= 11 is 7.87. The third-order valence-corrected chi connectivity index (χ3v) is 4.97. The average Bonchev–Trinajstić information content (AvgIpc) is 2.62. The van der Waals surface area contributed by atoms with Crippen molar-refractivity contribution in [2.24, 2.45) is 0 Å². The van der Waals surface area contributed by atoms with E-state index in [-0.39, 0.29) is 5.91 Å². The van der Waals surface area contributed by atoms with Crippen molar-refractivity contribution in [2.75, 3.05) is 26.5 Å². The molecule has 6 heteroatoms. The number of hydrogen-bond acceptors (Lipinski definition) is 4. The molecule has 0 saturated heterocycles. The zero-order valence-electron chi connectivity index (χ0n) is 14.4. The maximum absolute atomic E-state index is 12.0. The van der Waals surface area contributed by atoms with Crippen LogP contribution in [0.3, 0.4) is 0 Å². The van der Waals surface area contributed by atoms with E-state index in [1.807, 2.05) is 36.4 Å². The van der Waals surface area contributed by atoms with E-state index in [2.05, 4.69) is 5.32 Å². The van der Waals surface area contributed by atoms with Gasteiger partial charge in [0.15, 0.2) is 11.5 Å². The molecule has 2 aromatic carbocycles. The fourth-order valence-electron chi connectivity index (χ4n) is 2.30.